The Hall–Kier alpha value is -3.00. The van der Waals surface area contributed by atoms with E-state index in [2.05, 4.69) is 5.32 Å². The highest BCUT2D eigenvalue weighted by atomic mass is 35.5. The van der Waals surface area contributed by atoms with Crippen LogP contribution in [0.3, 0.4) is 0 Å². The van der Waals surface area contributed by atoms with Gasteiger partial charge in [0, 0.05) is 36.4 Å². The molecule has 2 aromatic carbocycles. The minimum atomic E-state index is -0.712. The van der Waals surface area contributed by atoms with Crippen LogP contribution in [0.4, 0.5) is 0 Å². The van der Waals surface area contributed by atoms with Gasteiger partial charge in [0.25, 0.3) is 0 Å². The number of allylic oxidation sites excluding steroid dienone is 3. The number of carbonyl (C=O) groups is 2. The Morgan fingerprint density at radius 1 is 1.03 bits per heavy atom. The highest BCUT2D eigenvalue weighted by molar-refractivity contribution is 6.42. The van der Waals surface area contributed by atoms with Crippen LogP contribution in [0.15, 0.2) is 58.9 Å². The van der Waals surface area contributed by atoms with Gasteiger partial charge in [-0.05, 0) is 48.6 Å². The van der Waals surface area contributed by atoms with E-state index in [9.17, 15) is 9.59 Å². The summed E-state index contributed by atoms with van der Waals surface area (Å²) in [5.74, 6) is -0.193. The highest BCUT2D eigenvalue weighted by Gasteiger charge is 2.42. The highest BCUT2D eigenvalue weighted by Crippen LogP contribution is 2.48. The number of rotatable bonds is 8. The fourth-order valence-electron chi connectivity index (χ4n) is 5.00. The number of ketones is 1. The minimum absolute atomic E-state index is 0.0794. The van der Waals surface area contributed by atoms with E-state index in [-0.39, 0.29) is 31.3 Å². The summed E-state index contributed by atoms with van der Waals surface area (Å²) in [5, 5.41) is 3.97. The summed E-state index contributed by atoms with van der Waals surface area (Å²) in [7, 11) is 4.69. The zero-order valence-corrected chi connectivity index (χ0v) is 22.7. The van der Waals surface area contributed by atoms with Gasteiger partial charge in [-0.2, -0.15) is 0 Å². The maximum atomic E-state index is 13.8. The van der Waals surface area contributed by atoms with Crippen molar-refractivity contribution in [2.24, 2.45) is 0 Å². The molecule has 9 heteroatoms. The van der Waals surface area contributed by atoms with Gasteiger partial charge in [0.05, 0.1) is 36.4 Å². The van der Waals surface area contributed by atoms with Crippen LogP contribution in [0, 0.1) is 0 Å². The molecule has 0 spiro atoms. The first-order chi connectivity index (χ1) is 17.8. The average Bonchev–Trinajstić information content (AvgIpc) is 2.89. The van der Waals surface area contributed by atoms with Gasteiger partial charge >= 0.3 is 5.97 Å². The van der Waals surface area contributed by atoms with E-state index in [1.807, 2.05) is 18.2 Å². The Kier molecular flexibility index (Phi) is 8.47. The van der Waals surface area contributed by atoms with Gasteiger partial charge in [0.1, 0.15) is 6.61 Å². The monoisotopic (exact) mass is 545 g/mol. The lowest BCUT2D eigenvalue weighted by atomic mass is 9.71. The van der Waals surface area contributed by atoms with Crippen LogP contribution in [0.2, 0.25) is 10.0 Å². The van der Waals surface area contributed by atoms with E-state index >= 15 is 0 Å². The van der Waals surface area contributed by atoms with Crippen LogP contribution < -0.4 is 14.8 Å². The van der Waals surface area contributed by atoms with Crippen molar-refractivity contribution in [3.63, 3.8) is 0 Å². The molecule has 0 bridgehead atoms. The van der Waals surface area contributed by atoms with Crippen molar-refractivity contribution in [3.8, 4) is 11.5 Å². The summed E-state index contributed by atoms with van der Waals surface area (Å²) < 4.78 is 21.3. The molecule has 1 heterocycles. The molecule has 0 unspecified atom stereocenters. The second-order valence-corrected chi connectivity index (χ2v) is 9.69. The van der Waals surface area contributed by atoms with Crippen LogP contribution >= 0.6 is 23.2 Å². The predicted octanol–water partition coefficient (Wildman–Crippen LogP) is 5.56. The Labute approximate surface area is 226 Å². The van der Waals surface area contributed by atoms with E-state index in [1.54, 1.807) is 39.3 Å². The zero-order valence-electron chi connectivity index (χ0n) is 21.2. The van der Waals surface area contributed by atoms with Gasteiger partial charge in [-0.25, -0.2) is 4.79 Å². The van der Waals surface area contributed by atoms with Gasteiger partial charge < -0.3 is 24.3 Å². The van der Waals surface area contributed by atoms with E-state index in [0.717, 1.165) is 11.3 Å². The molecular weight excluding hydrogens is 517 g/mol. The number of esters is 1. The summed E-state index contributed by atoms with van der Waals surface area (Å²) in [4.78, 5) is 27.0. The third-order valence-corrected chi connectivity index (χ3v) is 7.57. The Morgan fingerprint density at radius 3 is 2.49 bits per heavy atom. The molecule has 1 N–H and O–H groups in total. The number of halogens is 2. The number of hydrogen-bond acceptors (Lipinski definition) is 7. The van der Waals surface area contributed by atoms with E-state index < -0.39 is 11.9 Å². The topological polar surface area (TPSA) is 83.1 Å². The molecule has 1 aliphatic carbocycles. The first-order valence-electron chi connectivity index (χ1n) is 11.9. The number of methoxy groups -OCH3 is 3. The van der Waals surface area contributed by atoms with Gasteiger partial charge in [-0.3, -0.25) is 4.79 Å². The summed E-state index contributed by atoms with van der Waals surface area (Å²) in [6, 6.07) is 10.9. The first-order valence-corrected chi connectivity index (χ1v) is 12.6. The van der Waals surface area contributed by atoms with Crippen molar-refractivity contribution in [3.05, 3.63) is 80.1 Å². The third-order valence-electron chi connectivity index (χ3n) is 6.74. The van der Waals surface area contributed by atoms with Gasteiger partial charge in [-0.15, -0.1) is 0 Å². The number of benzene rings is 2. The van der Waals surface area contributed by atoms with Crippen LogP contribution in [0.5, 0.6) is 11.5 Å². The van der Waals surface area contributed by atoms with Crippen molar-refractivity contribution >= 4 is 35.0 Å². The van der Waals surface area contributed by atoms with E-state index in [1.165, 1.54) is 7.11 Å². The molecule has 37 heavy (non-hydrogen) atoms. The lowest BCUT2D eigenvalue weighted by Crippen LogP contribution is -2.36. The van der Waals surface area contributed by atoms with Crippen molar-refractivity contribution in [2.45, 2.75) is 31.6 Å². The molecule has 0 radical (unpaired) electrons. The van der Waals surface area contributed by atoms with E-state index in [0.29, 0.717) is 50.4 Å². The predicted molar refractivity (Wildman–Crippen MR) is 141 cm³/mol. The normalized spacial score (nSPS) is 19.4. The largest absolute Gasteiger partial charge is 0.493 e. The van der Waals surface area contributed by atoms with Gasteiger partial charge in [0.15, 0.2) is 17.3 Å². The summed E-state index contributed by atoms with van der Waals surface area (Å²) in [5.41, 5.74) is 3.73. The number of ether oxygens (including phenoxy) is 4. The molecular formula is C28H29Cl2NO6. The second-order valence-electron chi connectivity index (χ2n) is 8.90. The zero-order chi connectivity index (χ0) is 26.7. The molecule has 0 fully saturated rings. The van der Waals surface area contributed by atoms with Gasteiger partial charge in [-0.1, -0.05) is 41.4 Å². The van der Waals surface area contributed by atoms with Crippen LogP contribution in [0.25, 0.3) is 0 Å². The average molecular weight is 546 g/mol. The SMILES string of the molecule is COCCOC(=O)C1=C(C)NC2=C(C(=O)C[C@H](c3ccc(OC)c(OC)c3)C2)[C@@H]1c1cccc(Cl)c1Cl. The number of hydrogen-bond donors (Lipinski definition) is 1. The van der Waals surface area contributed by atoms with Gasteiger partial charge in [0.2, 0.25) is 0 Å². The molecule has 0 amide bonds. The second kappa shape index (κ2) is 11.6. The maximum Gasteiger partial charge on any atom is 0.336 e. The molecule has 0 aromatic heterocycles. The fraction of sp³-hybridized carbons (Fsp3) is 0.357. The molecule has 1 aliphatic heterocycles. The smallest absolute Gasteiger partial charge is 0.336 e. The first kappa shape index (κ1) is 27.0. The number of nitrogens with one attached hydrogen (secondary N) is 1. The number of Topliss-reactive ketones (excluding diaryl/α,β-unsaturated/α-hetero) is 1. The molecule has 2 aromatic rings. The lowest BCUT2D eigenvalue weighted by molar-refractivity contribution is -0.140. The van der Waals surface area contributed by atoms with Crippen molar-refractivity contribution in [1.29, 1.82) is 0 Å². The Morgan fingerprint density at radius 2 is 1.78 bits per heavy atom. The molecule has 0 saturated carbocycles. The molecule has 2 aliphatic rings. The number of carbonyl (C=O) groups excluding carboxylic acids is 2. The van der Waals surface area contributed by atoms with Crippen LogP contribution in [-0.2, 0) is 19.1 Å². The Balaban J connectivity index is 1.77. The van der Waals surface area contributed by atoms with Crippen LogP contribution in [0.1, 0.15) is 42.7 Å². The number of dihydropyridines is 1. The molecule has 4 rings (SSSR count). The fourth-order valence-corrected chi connectivity index (χ4v) is 5.42. The molecule has 7 nitrogen and oxygen atoms in total. The summed E-state index contributed by atoms with van der Waals surface area (Å²) in [6.45, 7) is 2.14. The minimum Gasteiger partial charge on any atom is -0.493 e. The van der Waals surface area contributed by atoms with Crippen molar-refractivity contribution in [2.75, 3.05) is 34.5 Å². The summed E-state index contributed by atoms with van der Waals surface area (Å²) in [6.07, 6.45) is 0.824. The van der Waals surface area contributed by atoms with Crippen LogP contribution in [-0.4, -0.2) is 46.3 Å². The summed E-state index contributed by atoms with van der Waals surface area (Å²) >= 11 is 13.0. The molecule has 0 saturated heterocycles. The maximum absolute atomic E-state index is 13.8. The Bertz CT molecular complexity index is 1290. The lowest BCUT2D eigenvalue weighted by Gasteiger charge is -2.37. The molecule has 2 atom stereocenters. The quantitative estimate of drug-likeness (QED) is 0.343. The molecule has 196 valence electrons. The standard InChI is InChI=1S/C28H29Cl2NO6/c1-15-24(28(33)37-11-10-34-2)25(18-6-5-7-19(29)27(18)30)26-20(31-15)12-17(13-21(26)32)16-8-9-22(35-3)23(14-16)36-4/h5-9,14,17,25,31H,10-13H2,1-4H3/t17-,25-/m1/s1. The van der Waals surface area contributed by atoms with Crippen molar-refractivity contribution < 1.29 is 28.5 Å². The third kappa shape index (κ3) is 5.35. The van der Waals surface area contributed by atoms with E-state index in [4.69, 9.17) is 42.1 Å². The van der Waals surface area contributed by atoms with Crippen molar-refractivity contribution in [1.82, 2.24) is 5.32 Å².